The molecular weight excluding hydrogens is 370 g/mol. The summed E-state index contributed by atoms with van der Waals surface area (Å²) in [6, 6.07) is 17.0. The number of hydrogen-bond donors (Lipinski definition) is 2. The number of hydrogen-bond acceptors (Lipinski definition) is 2. The van der Waals surface area contributed by atoms with Crippen molar-refractivity contribution in [2.75, 3.05) is 13.1 Å². The second kappa shape index (κ2) is 9.94. The summed E-state index contributed by atoms with van der Waals surface area (Å²) in [5.74, 6) is 0.996. The Morgan fingerprint density at radius 2 is 1.80 bits per heavy atom. The number of nitrogens with zero attached hydrogens (tertiary/aromatic N) is 1. The van der Waals surface area contributed by atoms with E-state index in [0.29, 0.717) is 13.0 Å². The van der Waals surface area contributed by atoms with Crippen LogP contribution in [0.15, 0.2) is 54.7 Å². The van der Waals surface area contributed by atoms with Crippen molar-refractivity contribution in [2.45, 2.75) is 52.1 Å². The molecule has 0 aliphatic carbocycles. The fourth-order valence-corrected chi connectivity index (χ4v) is 4.31. The van der Waals surface area contributed by atoms with E-state index in [-0.39, 0.29) is 5.91 Å². The van der Waals surface area contributed by atoms with E-state index in [1.54, 1.807) is 0 Å². The van der Waals surface area contributed by atoms with Gasteiger partial charge in [0.05, 0.1) is 0 Å². The predicted octanol–water partition coefficient (Wildman–Crippen LogP) is 5.04. The Labute approximate surface area is 179 Å². The van der Waals surface area contributed by atoms with E-state index >= 15 is 0 Å². The molecule has 0 unspecified atom stereocenters. The molecule has 4 nitrogen and oxygen atoms in total. The van der Waals surface area contributed by atoms with Gasteiger partial charge in [-0.3, -0.25) is 9.69 Å². The molecule has 1 aliphatic heterocycles. The lowest BCUT2D eigenvalue weighted by atomic mass is 9.99. The van der Waals surface area contributed by atoms with Crippen LogP contribution in [0.3, 0.4) is 0 Å². The molecular formula is C26H33N3O. The summed E-state index contributed by atoms with van der Waals surface area (Å²) in [6.45, 7) is 6.40. The van der Waals surface area contributed by atoms with Crippen molar-refractivity contribution in [1.29, 1.82) is 0 Å². The maximum atomic E-state index is 12.2. The van der Waals surface area contributed by atoms with Gasteiger partial charge in [0.15, 0.2) is 0 Å². The summed E-state index contributed by atoms with van der Waals surface area (Å²) < 4.78 is 0. The molecule has 1 aromatic heterocycles. The normalized spacial score (nSPS) is 15.5. The summed E-state index contributed by atoms with van der Waals surface area (Å²) in [5, 5.41) is 4.33. The Morgan fingerprint density at radius 1 is 1.07 bits per heavy atom. The zero-order chi connectivity index (χ0) is 20.8. The Balaban J connectivity index is 1.17. The van der Waals surface area contributed by atoms with Crippen LogP contribution in [0.4, 0.5) is 0 Å². The average Bonchev–Trinajstić information content (AvgIpc) is 3.18. The van der Waals surface area contributed by atoms with Gasteiger partial charge in [-0.1, -0.05) is 49.4 Å². The van der Waals surface area contributed by atoms with Gasteiger partial charge in [0.25, 0.3) is 0 Å². The maximum Gasteiger partial charge on any atom is 0.220 e. The largest absolute Gasteiger partial charge is 0.361 e. The number of rotatable bonds is 8. The number of carbonyl (C=O) groups is 1. The van der Waals surface area contributed by atoms with Crippen LogP contribution in [-0.4, -0.2) is 28.9 Å². The highest BCUT2D eigenvalue weighted by molar-refractivity contribution is 5.83. The fourth-order valence-electron chi connectivity index (χ4n) is 4.31. The topological polar surface area (TPSA) is 48.1 Å². The molecule has 1 saturated heterocycles. The Morgan fingerprint density at radius 3 is 2.60 bits per heavy atom. The van der Waals surface area contributed by atoms with Crippen LogP contribution < -0.4 is 5.32 Å². The number of likely N-dealkylation sites (tertiary alicyclic amines) is 1. The molecule has 2 heterocycles. The van der Waals surface area contributed by atoms with Crippen LogP contribution in [0.2, 0.25) is 0 Å². The first-order valence-corrected chi connectivity index (χ1v) is 11.3. The second-order valence-electron chi connectivity index (χ2n) is 8.76. The monoisotopic (exact) mass is 403 g/mol. The molecule has 1 fully saturated rings. The lowest BCUT2D eigenvalue weighted by Gasteiger charge is -2.30. The van der Waals surface area contributed by atoms with E-state index in [1.165, 1.54) is 42.4 Å². The van der Waals surface area contributed by atoms with E-state index in [4.69, 9.17) is 0 Å². The number of nitrogens with one attached hydrogen (secondary N) is 2. The second-order valence-corrected chi connectivity index (χ2v) is 8.76. The molecule has 158 valence electrons. The molecule has 0 saturated carbocycles. The lowest BCUT2D eigenvalue weighted by molar-refractivity contribution is -0.121. The number of aromatic amines is 1. The van der Waals surface area contributed by atoms with Gasteiger partial charge < -0.3 is 10.3 Å². The molecule has 0 spiro atoms. The van der Waals surface area contributed by atoms with E-state index in [0.717, 1.165) is 36.4 Å². The van der Waals surface area contributed by atoms with Crippen LogP contribution in [0.1, 0.15) is 49.3 Å². The highest BCUT2D eigenvalue weighted by Gasteiger charge is 2.15. The highest BCUT2D eigenvalue weighted by atomic mass is 16.1. The van der Waals surface area contributed by atoms with E-state index in [1.807, 2.05) is 6.07 Å². The van der Waals surface area contributed by atoms with Crippen molar-refractivity contribution in [1.82, 2.24) is 15.2 Å². The van der Waals surface area contributed by atoms with E-state index < -0.39 is 0 Å². The van der Waals surface area contributed by atoms with Gasteiger partial charge in [0, 0.05) is 36.6 Å². The SMILES string of the molecule is CC1CCN(Cc2ccc(CNC(=O)CCCc3c[nH]c4ccccc34)cc2)CC1. The molecule has 3 aromatic rings. The van der Waals surface area contributed by atoms with Gasteiger partial charge in [-0.05, 0) is 67.4 Å². The molecule has 2 aromatic carbocycles. The van der Waals surface area contributed by atoms with E-state index in [9.17, 15) is 4.79 Å². The smallest absolute Gasteiger partial charge is 0.220 e. The minimum Gasteiger partial charge on any atom is -0.361 e. The number of piperidine rings is 1. The van der Waals surface area contributed by atoms with Crippen molar-refractivity contribution in [2.24, 2.45) is 5.92 Å². The van der Waals surface area contributed by atoms with Crippen molar-refractivity contribution in [3.05, 3.63) is 71.4 Å². The molecule has 4 rings (SSSR count). The minimum absolute atomic E-state index is 0.126. The number of aromatic nitrogens is 1. The van der Waals surface area contributed by atoms with Gasteiger partial charge in [-0.15, -0.1) is 0 Å². The summed E-state index contributed by atoms with van der Waals surface area (Å²) in [6.07, 6.45) is 7.02. The Hall–Kier alpha value is -2.59. The van der Waals surface area contributed by atoms with Crippen LogP contribution in [0.25, 0.3) is 10.9 Å². The highest BCUT2D eigenvalue weighted by Crippen LogP contribution is 2.20. The molecule has 1 aliphatic rings. The number of H-pyrrole nitrogens is 1. The Bertz CT molecular complexity index is 952. The third-order valence-corrected chi connectivity index (χ3v) is 6.32. The van der Waals surface area contributed by atoms with Crippen LogP contribution in [-0.2, 0) is 24.3 Å². The molecule has 30 heavy (non-hydrogen) atoms. The summed E-state index contributed by atoms with van der Waals surface area (Å²) >= 11 is 0. The predicted molar refractivity (Wildman–Crippen MR) is 123 cm³/mol. The maximum absolute atomic E-state index is 12.2. The first-order chi connectivity index (χ1) is 14.7. The molecule has 4 heteroatoms. The molecule has 2 N–H and O–H groups in total. The molecule has 0 bridgehead atoms. The number of benzene rings is 2. The Kier molecular flexibility index (Phi) is 6.85. The number of carbonyl (C=O) groups excluding carboxylic acids is 1. The van der Waals surface area contributed by atoms with Gasteiger partial charge in [-0.2, -0.15) is 0 Å². The van der Waals surface area contributed by atoms with Gasteiger partial charge >= 0.3 is 0 Å². The first-order valence-electron chi connectivity index (χ1n) is 11.3. The first kappa shape index (κ1) is 20.7. The van der Waals surface area contributed by atoms with Crippen LogP contribution in [0.5, 0.6) is 0 Å². The lowest BCUT2D eigenvalue weighted by Crippen LogP contribution is -2.32. The quantitative estimate of drug-likeness (QED) is 0.554. The van der Waals surface area contributed by atoms with Crippen LogP contribution >= 0.6 is 0 Å². The van der Waals surface area contributed by atoms with Crippen molar-refractivity contribution < 1.29 is 4.79 Å². The zero-order valence-electron chi connectivity index (χ0n) is 18.0. The third-order valence-electron chi connectivity index (χ3n) is 6.32. The standard InChI is InChI=1S/C26H33N3O/c1-20-13-15-29(16-14-20)19-22-11-9-21(10-12-22)17-28-26(30)8-4-5-23-18-27-25-7-3-2-6-24(23)25/h2-3,6-7,9-12,18,20,27H,4-5,8,13-17,19H2,1H3,(H,28,30). The summed E-state index contributed by atoms with van der Waals surface area (Å²) in [4.78, 5) is 18.1. The summed E-state index contributed by atoms with van der Waals surface area (Å²) in [7, 11) is 0. The van der Waals surface area contributed by atoms with Gasteiger partial charge in [-0.25, -0.2) is 0 Å². The van der Waals surface area contributed by atoms with Gasteiger partial charge in [0.1, 0.15) is 0 Å². The molecule has 1 amide bonds. The minimum atomic E-state index is 0.126. The van der Waals surface area contributed by atoms with Crippen molar-refractivity contribution in [3.8, 4) is 0 Å². The third kappa shape index (κ3) is 5.51. The number of amides is 1. The van der Waals surface area contributed by atoms with Crippen molar-refractivity contribution >= 4 is 16.8 Å². The number of aryl methyl sites for hydroxylation is 1. The fraction of sp³-hybridized carbons (Fsp3) is 0.423. The molecule has 0 radical (unpaired) electrons. The number of para-hydroxylation sites is 1. The summed E-state index contributed by atoms with van der Waals surface area (Å²) in [5.41, 5.74) is 4.97. The van der Waals surface area contributed by atoms with Crippen molar-refractivity contribution in [3.63, 3.8) is 0 Å². The zero-order valence-corrected chi connectivity index (χ0v) is 18.0. The van der Waals surface area contributed by atoms with E-state index in [2.05, 4.69) is 70.8 Å². The van der Waals surface area contributed by atoms with Crippen LogP contribution in [0, 0.1) is 5.92 Å². The average molecular weight is 404 g/mol. The molecule has 0 atom stereocenters. The van der Waals surface area contributed by atoms with Gasteiger partial charge in [0.2, 0.25) is 5.91 Å². The number of fused-ring (bicyclic) bond motifs is 1.